The third-order valence-electron chi connectivity index (χ3n) is 3.68. The number of likely N-dealkylation sites (tertiary alicyclic amines) is 1. The van der Waals surface area contributed by atoms with Crippen molar-refractivity contribution in [3.63, 3.8) is 0 Å². The molecule has 0 bridgehead atoms. The monoisotopic (exact) mass is 302 g/mol. The second-order valence-electron chi connectivity index (χ2n) is 5.16. The molecule has 0 radical (unpaired) electrons. The minimum Gasteiger partial charge on any atom is -0.491 e. The van der Waals surface area contributed by atoms with Crippen molar-refractivity contribution in [1.82, 2.24) is 4.90 Å². The van der Waals surface area contributed by atoms with E-state index in [2.05, 4.69) is 4.90 Å². The summed E-state index contributed by atoms with van der Waals surface area (Å²) in [5, 5.41) is 0. The zero-order valence-corrected chi connectivity index (χ0v) is 11.6. The summed E-state index contributed by atoms with van der Waals surface area (Å²) in [6, 6.07) is 2.97. The molecule has 2 rings (SSSR count). The summed E-state index contributed by atoms with van der Waals surface area (Å²) in [6.45, 7) is 1.28. The Balaban J connectivity index is 2.17. The molecule has 1 fully saturated rings. The zero-order valence-electron chi connectivity index (χ0n) is 11.6. The SMILES string of the molecule is CN1CCCC1COc1ccc(C(F)(F)F)cc1C(N)=O. The summed E-state index contributed by atoms with van der Waals surface area (Å²) in [5.74, 6) is -0.841. The number of hydrogen-bond donors (Lipinski definition) is 1. The Labute approximate surface area is 120 Å². The van der Waals surface area contributed by atoms with Crippen molar-refractivity contribution in [2.45, 2.75) is 25.1 Å². The molecule has 1 aromatic rings. The van der Waals surface area contributed by atoms with Crippen LogP contribution in [0, 0.1) is 0 Å². The highest BCUT2D eigenvalue weighted by atomic mass is 19.4. The van der Waals surface area contributed by atoms with Crippen LogP contribution in [0.3, 0.4) is 0 Å². The molecule has 4 nitrogen and oxygen atoms in total. The molecular weight excluding hydrogens is 285 g/mol. The molecule has 21 heavy (non-hydrogen) atoms. The van der Waals surface area contributed by atoms with Crippen LogP contribution in [0.5, 0.6) is 5.75 Å². The molecule has 2 N–H and O–H groups in total. The molecule has 1 heterocycles. The van der Waals surface area contributed by atoms with Crippen molar-refractivity contribution in [3.05, 3.63) is 29.3 Å². The Morgan fingerprint density at radius 1 is 1.48 bits per heavy atom. The van der Waals surface area contributed by atoms with Gasteiger partial charge in [-0.25, -0.2) is 0 Å². The number of benzene rings is 1. The molecule has 0 aliphatic carbocycles. The number of halogens is 3. The van der Waals surface area contributed by atoms with Crippen LogP contribution in [0.25, 0.3) is 0 Å². The third kappa shape index (κ3) is 3.66. The van der Waals surface area contributed by atoms with Gasteiger partial charge in [0.15, 0.2) is 0 Å². The summed E-state index contributed by atoms with van der Waals surface area (Å²) in [7, 11) is 1.96. The van der Waals surface area contributed by atoms with Crippen LogP contribution < -0.4 is 10.5 Å². The zero-order chi connectivity index (χ0) is 15.6. The van der Waals surface area contributed by atoms with E-state index in [9.17, 15) is 18.0 Å². The van der Waals surface area contributed by atoms with Gasteiger partial charge in [-0.2, -0.15) is 13.2 Å². The number of rotatable bonds is 4. The fourth-order valence-corrected chi connectivity index (χ4v) is 2.40. The molecular formula is C14H17F3N2O2. The Morgan fingerprint density at radius 2 is 2.19 bits per heavy atom. The minimum atomic E-state index is -4.52. The molecule has 1 aliphatic heterocycles. The van der Waals surface area contributed by atoms with Gasteiger partial charge in [0, 0.05) is 6.04 Å². The van der Waals surface area contributed by atoms with Gasteiger partial charge in [0.25, 0.3) is 5.91 Å². The molecule has 0 spiro atoms. The van der Waals surface area contributed by atoms with E-state index < -0.39 is 17.6 Å². The average Bonchev–Trinajstić information content (AvgIpc) is 2.80. The number of amides is 1. The highest BCUT2D eigenvalue weighted by molar-refractivity contribution is 5.95. The van der Waals surface area contributed by atoms with E-state index in [1.807, 2.05) is 7.05 Å². The van der Waals surface area contributed by atoms with Crippen LogP contribution in [-0.2, 0) is 6.18 Å². The van der Waals surface area contributed by atoms with Crippen molar-refractivity contribution >= 4 is 5.91 Å². The van der Waals surface area contributed by atoms with E-state index >= 15 is 0 Å². The molecule has 1 aromatic carbocycles. The van der Waals surface area contributed by atoms with Crippen molar-refractivity contribution in [2.75, 3.05) is 20.2 Å². The van der Waals surface area contributed by atoms with E-state index in [1.165, 1.54) is 0 Å². The highest BCUT2D eigenvalue weighted by Gasteiger charge is 2.32. The molecule has 1 amide bonds. The molecule has 1 unspecified atom stereocenters. The quantitative estimate of drug-likeness (QED) is 0.928. The lowest BCUT2D eigenvalue weighted by molar-refractivity contribution is -0.137. The lowest BCUT2D eigenvalue weighted by atomic mass is 10.1. The van der Waals surface area contributed by atoms with Gasteiger partial charge in [-0.15, -0.1) is 0 Å². The van der Waals surface area contributed by atoms with Crippen LogP contribution in [0.4, 0.5) is 13.2 Å². The molecule has 116 valence electrons. The Morgan fingerprint density at radius 3 is 2.71 bits per heavy atom. The average molecular weight is 302 g/mol. The maximum atomic E-state index is 12.6. The maximum absolute atomic E-state index is 12.6. The number of primary amides is 1. The topological polar surface area (TPSA) is 55.6 Å². The summed E-state index contributed by atoms with van der Waals surface area (Å²) in [6.07, 6.45) is -2.50. The normalized spacial score (nSPS) is 19.7. The Bertz CT molecular complexity index is 531. The maximum Gasteiger partial charge on any atom is 0.416 e. The molecule has 7 heteroatoms. The second kappa shape index (κ2) is 5.93. The number of ether oxygens (including phenoxy) is 1. The van der Waals surface area contributed by atoms with Crippen molar-refractivity contribution in [3.8, 4) is 5.75 Å². The predicted molar refractivity (Wildman–Crippen MR) is 71.1 cm³/mol. The first kappa shape index (κ1) is 15.6. The molecule has 1 atom stereocenters. The van der Waals surface area contributed by atoms with Crippen molar-refractivity contribution in [2.24, 2.45) is 5.73 Å². The van der Waals surface area contributed by atoms with Crippen molar-refractivity contribution in [1.29, 1.82) is 0 Å². The van der Waals surface area contributed by atoms with E-state index in [0.29, 0.717) is 6.61 Å². The van der Waals surface area contributed by atoms with E-state index in [0.717, 1.165) is 37.6 Å². The van der Waals surface area contributed by atoms with Gasteiger partial charge >= 0.3 is 6.18 Å². The summed E-state index contributed by atoms with van der Waals surface area (Å²) >= 11 is 0. The fourth-order valence-electron chi connectivity index (χ4n) is 2.40. The molecule has 0 saturated carbocycles. The minimum absolute atomic E-state index is 0.0933. The van der Waals surface area contributed by atoms with Gasteiger partial charge in [0.2, 0.25) is 0 Å². The summed E-state index contributed by atoms with van der Waals surface area (Å²) < 4.78 is 43.4. The molecule has 0 aromatic heterocycles. The third-order valence-corrected chi connectivity index (χ3v) is 3.68. The number of carbonyl (C=O) groups excluding carboxylic acids is 1. The van der Waals surface area contributed by atoms with Crippen LogP contribution in [0.1, 0.15) is 28.8 Å². The van der Waals surface area contributed by atoms with Gasteiger partial charge in [-0.05, 0) is 44.6 Å². The van der Waals surface area contributed by atoms with Crippen molar-refractivity contribution < 1.29 is 22.7 Å². The second-order valence-corrected chi connectivity index (χ2v) is 5.16. The largest absolute Gasteiger partial charge is 0.491 e. The van der Waals surface area contributed by atoms with E-state index in [4.69, 9.17) is 10.5 Å². The van der Waals surface area contributed by atoms with Gasteiger partial charge in [-0.1, -0.05) is 0 Å². The smallest absolute Gasteiger partial charge is 0.416 e. The van der Waals surface area contributed by atoms with Gasteiger partial charge in [0.1, 0.15) is 12.4 Å². The van der Waals surface area contributed by atoms with Gasteiger partial charge < -0.3 is 15.4 Å². The first-order valence-corrected chi connectivity index (χ1v) is 6.63. The fraction of sp³-hybridized carbons (Fsp3) is 0.500. The number of alkyl halides is 3. The number of nitrogens with two attached hydrogens (primary N) is 1. The number of nitrogens with zero attached hydrogens (tertiary/aromatic N) is 1. The predicted octanol–water partition coefficient (Wildman–Crippen LogP) is 2.28. The molecule has 1 aliphatic rings. The molecule has 1 saturated heterocycles. The first-order valence-electron chi connectivity index (χ1n) is 6.63. The number of carbonyl (C=O) groups is 1. The highest BCUT2D eigenvalue weighted by Crippen LogP contribution is 2.32. The van der Waals surface area contributed by atoms with Crippen LogP contribution in [-0.4, -0.2) is 37.0 Å². The number of hydrogen-bond acceptors (Lipinski definition) is 3. The van der Waals surface area contributed by atoms with Gasteiger partial charge in [0.05, 0.1) is 11.1 Å². The lowest BCUT2D eigenvalue weighted by Crippen LogP contribution is -2.31. The lowest BCUT2D eigenvalue weighted by Gasteiger charge is -2.20. The standard InChI is InChI=1S/C14H17F3N2O2/c1-19-6-2-3-10(19)8-21-12-5-4-9(14(15,16)17)7-11(12)13(18)20/h4-5,7,10H,2-3,6,8H2,1H3,(H2,18,20). The van der Waals surface area contributed by atoms with Crippen LogP contribution in [0.2, 0.25) is 0 Å². The van der Waals surface area contributed by atoms with Gasteiger partial charge in [-0.3, -0.25) is 4.79 Å². The Hall–Kier alpha value is -1.76. The van der Waals surface area contributed by atoms with Crippen LogP contribution in [0.15, 0.2) is 18.2 Å². The Kier molecular flexibility index (Phi) is 4.41. The number of likely N-dealkylation sites (N-methyl/N-ethyl adjacent to an activating group) is 1. The van der Waals surface area contributed by atoms with Crippen LogP contribution >= 0.6 is 0 Å². The summed E-state index contributed by atoms with van der Waals surface area (Å²) in [4.78, 5) is 13.4. The summed E-state index contributed by atoms with van der Waals surface area (Å²) in [5.41, 5.74) is 3.98. The van der Waals surface area contributed by atoms with E-state index in [-0.39, 0.29) is 17.4 Å². The first-order chi connectivity index (χ1) is 9.79. The van der Waals surface area contributed by atoms with E-state index in [1.54, 1.807) is 0 Å².